The lowest BCUT2D eigenvalue weighted by atomic mass is 10.3. The second kappa shape index (κ2) is 4.43. The number of hydrogen-bond acceptors (Lipinski definition) is 4. The molecule has 0 amide bonds. The van der Waals surface area contributed by atoms with E-state index in [9.17, 15) is 8.42 Å². The highest BCUT2D eigenvalue weighted by molar-refractivity contribution is 7.91. The summed E-state index contributed by atoms with van der Waals surface area (Å²) in [6.07, 6.45) is 1.55. The van der Waals surface area contributed by atoms with Crippen LogP contribution in [-0.4, -0.2) is 32.0 Å². The van der Waals surface area contributed by atoms with Crippen molar-refractivity contribution >= 4 is 9.84 Å². The molecule has 1 aromatic rings. The molecule has 0 saturated carbocycles. The average Bonchev–Trinajstić information content (AvgIpc) is 2.70. The standard InChI is InChI=1S/C11H14O4S/c12-9-3-5-11(6-4-9)16(13,14)8-10-2-1-7-15-10/h3-6,10,12H,1-2,7-8H2. The molecular formula is C11H14O4S. The van der Waals surface area contributed by atoms with E-state index >= 15 is 0 Å². The van der Waals surface area contributed by atoms with Crippen LogP contribution in [-0.2, 0) is 14.6 Å². The Kier molecular flexibility index (Phi) is 3.16. The van der Waals surface area contributed by atoms with Gasteiger partial charge in [0.2, 0.25) is 0 Å². The molecule has 0 aliphatic carbocycles. The number of phenolic OH excluding ortho intramolecular Hbond substituents is 1. The highest BCUT2D eigenvalue weighted by Gasteiger charge is 2.24. The second-order valence-electron chi connectivity index (χ2n) is 3.91. The minimum Gasteiger partial charge on any atom is -0.508 e. The predicted molar refractivity (Wildman–Crippen MR) is 59.1 cm³/mol. The van der Waals surface area contributed by atoms with E-state index in [1.165, 1.54) is 24.3 Å². The zero-order valence-electron chi connectivity index (χ0n) is 8.80. The van der Waals surface area contributed by atoms with E-state index in [-0.39, 0.29) is 22.5 Å². The molecule has 5 heteroatoms. The van der Waals surface area contributed by atoms with Gasteiger partial charge in [-0.15, -0.1) is 0 Å². The molecule has 1 saturated heterocycles. The maximum absolute atomic E-state index is 11.9. The Labute approximate surface area is 94.8 Å². The molecule has 0 bridgehead atoms. The first kappa shape index (κ1) is 11.4. The Bertz CT molecular complexity index is 443. The Balaban J connectivity index is 2.14. The summed E-state index contributed by atoms with van der Waals surface area (Å²) in [7, 11) is -3.30. The van der Waals surface area contributed by atoms with Gasteiger partial charge in [-0.2, -0.15) is 0 Å². The molecular weight excluding hydrogens is 228 g/mol. The van der Waals surface area contributed by atoms with Crippen molar-refractivity contribution in [1.82, 2.24) is 0 Å². The summed E-state index contributed by atoms with van der Waals surface area (Å²) in [6.45, 7) is 0.649. The maximum atomic E-state index is 11.9. The highest BCUT2D eigenvalue weighted by Crippen LogP contribution is 2.20. The van der Waals surface area contributed by atoms with E-state index in [4.69, 9.17) is 9.84 Å². The highest BCUT2D eigenvalue weighted by atomic mass is 32.2. The third-order valence-corrected chi connectivity index (χ3v) is 4.43. The molecule has 1 atom stereocenters. The quantitative estimate of drug-likeness (QED) is 0.869. The monoisotopic (exact) mass is 242 g/mol. The van der Waals surface area contributed by atoms with Crippen LogP contribution < -0.4 is 0 Å². The van der Waals surface area contributed by atoms with Gasteiger partial charge in [0.1, 0.15) is 5.75 Å². The third-order valence-electron chi connectivity index (χ3n) is 2.63. The summed E-state index contributed by atoms with van der Waals surface area (Å²) in [5.74, 6) is 0.0914. The lowest BCUT2D eigenvalue weighted by molar-refractivity contribution is 0.127. The maximum Gasteiger partial charge on any atom is 0.180 e. The zero-order valence-corrected chi connectivity index (χ0v) is 9.61. The van der Waals surface area contributed by atoms with Gasteiger partial charge in [-0.25, -0.2) is 8.42 Å². The van der Waals surface area contributed by atoms with Crippen molar-refractivity contribution < 1.29 is 18.3 Å². The third kappa shape index (κ3) is 2.54. The fourth-order valence-corrected chi connectivity index (χ4v) is 3.27. The summed E-state index contributed by atoms with van der Waals surface area (Å²) in [4.78, 5) is 0.237. The smallest absolute Gasteiger partial charge is 0.180 e. The molecule has 1 aromatic carbocycles. The molecule has 1 unspecified atom stereocenters. The van der Waals surface area contributed by atoms with E-state index in [2.05, 4.69) is 0 Å². The molecule has 1 heterocycles. The van der Waals surface area contributed by atoms with Crippen LogP contribution in [0.4, 0.5) is 0 Å². The van der Waals surface area contributed by atoms with Crippen molar-refractivity contribution in [3.05, 3.63) is 24.3 Å². The van der Waals surface area contributed by atoms with Crippen molar-refractivity contribution in [2.75, 3.05) is 12.4 Å². The average molecular weight is 242 g/mol. The summed E-state index contributed by atoms with van der Waals surface area (Å²) in [5, 5.41) is 9.09. The first-order chi connectivity index (χ1) is 7.58. The van der Waals surface area contributed by atoms with Crippen molar-refractivity contribution in [2.45, 2.75) is 23.8 Å². The lowest BCUT2D eigenvalue weighted by Gasteiger charge is -2.10. The van der Waals surface area contributed by atoms with E-state index in [1.54, 1.807) is 0 Å². The summed E-state index contributed by atoms with van der Waals surface area (Å²) < 4.78 is 29.2. The molecule has 0 spiro atoms. The molecule has 1 fully saturated rings. The van der Waals surface area contributed by atoms with E-state index in [1.807, 2.05) is 0 Å². The fraction of sp³-hybridized carbons (Fsp3) is 0.455. The molecule has 1 aliphatic heterocycles. The van der Waals surface area contributed by atoms with Gasteiger partial charge in [0.05, 0.1) is 16.8 Å². The van der Waals surface area contributed by atoms with Crippen LogP contribution in [0.5, 0.6) is 5.75 Å². The van der Waals surface area contributed by atoms with Crippen molar-refractivity contribution in [3.63, 3.8) is 0 Å². The Morgan fingerprint density at radius 1 is 1.31 bits per heavy atom. The normalized spacial score (nSPS) is 21.1. The van der Waals surface area contributed by atoms with Crippen LogP contribution in [0.25, 0.3) is 0 Å². The van der Waals surface area contributed by atoms with Gasteiger partial charge >= 0.3 is 0 Å². The molecule has 0 aromatic heterocycles. The molecule has 88 valence electrons. The van der Waals surface area contributed by atoms with Gasteiger partial charge in [0.25, 0.3) is 0 Å². The zero-order chi connectivity index (χ0) is 11.6. The first-order valence-corrected chi connectivity index (χ1v) is 6.86. The van der Waals surface area contributed by atoms with Crippen LogP contribution in [0.1, 0.15) is 12.8 Å². The molecule has 0 radical (unpaired) electrons. The number of benzene rings is 1. The fourth-order valence-electron chi connectivity index (χ4n) is 1.77. The number of phenols is 1. The van der Waals surface area contributed by atoms with Crippen molar-refractivity contribution in [2.24, 2.45) is 0 Å². The largest absolute Gasteiger partial charge is 0.508 e. The molecule has 16 heavy (non-hydrogen) atoms. The number of aromatic hydroxyl groups is 1. The Morgan fingerprint density at radius 2 is 2.00 bits per heavy atom. The number of rotatable bonds is 3. The number of hydrogen-bond donors (Lipinski definition) is 1. The summed E-state index contributed by atoms with van der Waals surface area (Å²) in [6, 6.07) is 5.59. The van der Waals surface area contributed by atoms with Gasteiger partial charge in [0.15, 0.2) is 9.84 Å². The van der Waals surface area contributed by atoms with Crippen LogP contribution in [0.15, 0.2) is 29.2 Å². The van der Waals surface area contributed by atoms with Crippen LogP contribution in [0, 0.1) is 0 Å². The van der Waals surface area contributed by atoms with Gasteiger partial charge in [0, 0.05) is 6.61 Å². The molecule has 4 nitrogen and oxygen atoms in total. The second-order valence-corrected chi connectivity index (χ2v) is 5.94. The van der Waals surface area contributed by atoms with Crippen LogP contribution in [0.3, 0.4) is 0 Å². The van der Waals surface area contributed by atoms with Crippen molar-refractivity contribution in [1.29, 1.82) is 0 Å². The lowest BCUT2D eigenvalue weighted by Crippen LogP contribution is -2.20. The molecule has 1 aliphatic rings. The minimum absolute atomic E-state index is 0.0256. The summed E-state index contributed by atoms with van der Waals surface area (Å²) in [5.41, 5.74) is 0. The van der Waals surface area contributed by atoms with Gasteiger partial charge in [-0.05, 0) is 37.1 Å². The van der Waals surface area contributed by atoms with Crippen LogP contribution >= 0.6 is 0 Å². The first-order valence-electron chi connectivity index (χ1n) is 5.21. The van der Waals surface area contributed by atoms with Gasteiger partial charge in [-0.1, -0.05) is 0 Å². The predicted octanol–water partition coefficient (Wildman–Crippen LogP) is 1.34. The van der Waals surface area contributed by atoms with E-state index < -0.39 is 9.84 Å². The van der Waals surface area contributed by atoms with Crippen molar-refractivity contribution in [3.8, 4) is 5.75 Å². The number of sulfone groups is 1. The summed E-state index contributed by atoms with van der Waals surface area (Å²) >= 11 is 0. The van der Waals surface area contributed by atoms with E-state index in [0.29, 0.717) is 6.61 Å². The molecule has 1 N–H and O–H groups in total. The van der Waals surface area contributed by atoms with Crippen LogP contribution in [0.2, 0.25) is 0 Å². The van der Waals surface area contributed by atoms with E-state index in [0.717, 1.165) is 12.8 Å². The minimum atomic E-state index is -3.30. The topological polar surface area (TPSA) is 63.6 Å². The SMILES string of the molecule is O=S(=O)(CC1CCCO1)c1ccc(O)cc1. The van der Waals surface area contributed by atoms with Gasteiger partial charge in [-0.3, -0.25) is 0 Å². The Morgan fingerprint density at radius 3 is 2.56 bits per heavy atom. The number of ether oxygens (including phenoxy) is 1. The van der Waals surface area contributed by atoms with Gasteiger partial charge < -0.3 is 9.84 Å². The Hall–Kier alpha value is -1.07. The molecule has 2 rings (SSSR count).